The molecule has 4 nitrogen and oxygen atoms in total. The molecule has 0 saturated carbocycles. The number of rotatable bonds is 5. The minimum atomic E-state index is -4.24. The van der Waals surface area contributed by atoms with Crippen LogP contribution in [0, 0.1) is 0 Å². The van der Waals surface area contributed by atoms with Crippen LogP contribution in [0.3, 0.4) is 0 Å². The standard InChI is InChI=1S/C12H15F3N2O2/c1-2-19-11(18)8-3-4-9(16)10(7-8)17-6-5-12(13,14)15/h3-4,7,17H,2,5-6,16H2,1H3. The molecule has 19 heavy (non-hydrogen) atoms. The van der Waals surface area contributed by atoms with Gasteiger partial charge in [-0.2, -0.15) is 13.2 Å². The maximum absolute atomic E-state index is 12.0. The van der Waals surface area contributed by atoms with Gasteiger partial charge in [-0.15, -0.1) is 0 Å². The Morgan fingerprint density at radius 3 is 2.68 bits per heavy atom. The summed E-state index contributed by atoms with van der Waals surface area (Å²) in [5, 5.41) is 2.55. The molecule has 0 fully saturated rings. The molecular weight excluding hydrogens is 261 g/mol. The topological polar surface area (TPSA) is 64.3 Å². The Bertz CT molecular complexity index is 447. The number of alkyl halides is 3. The first kappa shape index (κ1) is 15.1. The van der Waals surface area contributed by atoms with Crippen molar-refractivity contribution in [3.05, 3.63) is 23.8 Å². The van der Waals surface area contributed by atoms with Gasteiger partial charge in [0.25, 0.3) is 0 Å². The number of nitrogens with two attached hydrogens (primary N) is 1. The van der Waals surface area contributed by atoms with Gasteiger partial charge in [-0.1, -0.05) is 0 Å². The van der Waals surface area contributed by atoms with E-state index in [0.717, 1.165) is 0 Å². The molecular formula is C12H15F3N2O2. The summed E-state index contributed by atoms with van der Waals surface area (Å²) in [6.07, 6.45) is -5.21. The van der Waals surface area contributed by atoms with Crippen LogP contribution in [0.5, 0.6) is 0 Å². The van der Waals surface area contributed by atoms with Gasteiger partial charge in [0.05, 0.1) is 30.0 Å². The molecule has 0 amide bonds. The van der Waals surface area contributed by atoms with Gasteiger partial charge < -0.3 is 15.8 Å². The second kappa shape index (κ2) is 6.31. The molecule has 0 aromatic heterocycles. The molecule has 0 radical (unpaired) electrons. The van der Waals surface area contributed by atoms with Crippen molar-refractivity contribution in [2.75, 3.05) is 24.2 Å². The van der Waals surface area contributed by atoms with Crippen LogP contribution in [0.2, 0.25) is 0 Å². The lowest BCUT2D eigenvalue weighted by molar-refractivity contribution is -0.131. The number of carbonyl (C=O) groups excluding carboxylic acids is 1. The highest BCUT2D eigenvalue weighted by atomic mass is 19.4. The van der Waals surface area contributed by atoms with E-state index < -0.39 is 18.6 Å². The number of carbonyl (C=O) groups is 1. The summed E-state index contributed by atoms with van der Waals surface area (Å²) < 4.78 is 40.9. The molecule has 0 aliphatic rings. The first-order valence-electron chi connectivity index (χ1n) is 5.70. The number of benzene rings is 1. The highest BCUT2D eigenvalue weighted by molar-refractivity contribution is 5.92. The molecule has 1 aromatic carbocycles. The molecule has 0 unspecified atom stereocenters. The van der Waals surface area contributed by atoms with E-state index in [4.69, 9.17) is 10.5 Å². The highest BCUT2D eigenvalue weighted by Crippen LogP contribution is 2.23. The Hall–Kier alpha value is -1.92. The maximum atomic E-state index is 12.0. The van der Waals surface area contributed by atoms with Crippen molar-refractivity contribution in [2.45, 2.75) is 19.5 Å². The molecule has 0 spiro atoms. The minimum Gasteiger partial charge on any atom is -0.462 e. The summed E-state index contributed by atoms with van der Waals surface area (Å²) in [6, 6.07) is 4.29. The molecule has 0 aliphatic carbocycles. The van der Waals surface area contributed by atoms with Crippen molar-refractivity contribution >= 4 is 17.3 Å². The first-order chi connectivity index (χ1) is 8.83. The van der Waals surface area contributed by atoms with E-state index in [0.29, 0.717) is 0 Å². The van der Waals surface area contributed by atoms with Gasteiger partial charge >= 0.3 is 12.1 Å². The zero-order chi connectivity index (χ0) is 14.5. The lowest BCUT2D eigenvalue weighted by Gasteiger charge is -2.12. The summed E-state index contributed by atoms with van der Waals surface area (Å²) >= 11 is 0. The van der Waals surface area contributed by atoms with E-state index in [1.807, 2.05) is 0 Å². The maximum Gasteiger partial charge on any atom is 0.390 e. The first-order valence-corrected chi connectivity index (χ1v) is 5.70. The Labute approximate surface area is 108 Å². The monoisotopic (exact) mass is 276 g/mol. The van der Waals surface area contributed by atoms with Gasteiger partial charge in [0.1, 0.15) is 0 Å². The van der Waals surface area contributed by atoms with Gasteiger partial charge in [-0.3, -0.25) is 0 Å². The number of hydrogen-bond acceptors (Lipinski definition) is 4. The van der Waals surface area contributed by atoms with Crippen LogP contribution in [0.4, 0.5) is 24.5 Å². The molecule has 3 N–H and O–H groups in total. The zero-order valence-electron chi connectivity index (χ0n) is 10.4. The quantitative estimate of drug-likeness (QED) is 0.641. The van der Waals surface area contributed by atoms with Crippen molar-refractivity contribution in [3.8, 4) is 0 Å². The van der Waals surface area contributed by atoms with E-state index in [1.165, 1.54) is 18.2 Å². The van der Waals surface area contributed by atoms with Crippen LogP contribution in [-0.2, 0) is 4.74 Å². The number of esters is 1. The Morgan fingerprint density at radius 1 is 1.42 bits per heavy atom. The van der Waals surface area contributed by atoms with Gasteiger partial charge in [-0.25, -0.2) is 4.79 Å². The Morgan fingerprint density at radius 2 is 2.11 bits per heavy atom. The van der Waals surface area contributed by atoms with Gasteiger partial charge in [0.15, 0.2) is 0 Å². The van der Waals surface area contributed by atoms with Crippen LogP contribution in [0.15, 0.2) is 18.2 Å². The molecule has 0 bridgehead atoms. The number of nitrogen functional groups attached to an aromatic ring is 1. The van der Waals surface area contributed by atoms with Crippen molar-refractivity contribution in [3.63, 3.8) is 0 Å². The van der Waals surface area contributed by atoms with Crippen LogP contribution in [-0.4, -0.2) is 25.3 Å². The lowest BCUT2D eigenvalue weighted by atomic mass is 10.1. The van der Waals surface area contributed by atoms with Crippen molar-refractivity contribution in [1.29, 1.82) is 0 Å². The summed E-state index contributed by atoms with van der Waals surface area (Å²) in [7, 11) is 0. The van der Waals surface area contributed by atoms with Gasteiger partial charge in [-0.05, 0) is 25.1 Å². The predicted molar refractivity (Wildman–Crippen MR) is 66.0 cm³/mol. The van der Waals surface area contributed by atoms with E-state index >= 15 is 0 Å². The molecule has 106 valence electrons. The van der Waals surface area contributed by atoms with Gasteiger partial charge in [0.2, 0.25) is 0 Å². The van der Waals surface area contributed by atoms with Crippen molar-refractivity contribution in [2.24, 2.45) is 0 Å². The molecule has 0 heterocycles. The molecule has 0 aliphatic heterocycles. The smallest absolute Gasteiger partial charge is 0.390 e. The van der Waals surface area contributed by atoms with Crippen LogP contribution >= 0.6 is 0 Å². The number of ether oxygens (including phenoxy) is 1. The molecule has 7 heteroatoms. The lowest BCUT2D eigenvalue weighted by Crippen LogP contribution is -2.15. The Kier molecular flexibility index (Phi) is 5.02. The van der Waals surface area contributed by atoms with Crippen molar-refractivity contribution in [1.82, 2.24) is 0 Å². The number of anilines is 2. The Balaban J connectivity index is 2.72. The second-order valence-corrected chi connectivity index (χ2v) is 3.81. The number of halogens is 3. The number of hydrogen-bond donors (Lipinski definition) is 2. The highest BCUT2D eigenvalue weighted by Gasteiger charge is 2.26. The van der Waals surface area contributed by atoms with Crippen LogP contribution < -0.4 is 11.1 Å². The van der Waals surface area contributed by atoms with E-state index in [2.05, 4.69) is 5.32 Å². The summed E-state index contributed by atoms with van der Waals surface area (Å²) in [5.74, 6) is -0.540. The van der Waals surface area contributed by atoms with Crippen molar-refractivity contribution < 1.29 is 22.7 Å². The predicted octanol–water partition coefficient (Wildman–Crippen LogP) is 2.81. The fourth-order valence-corrected chi connectivity index (χ4v) is 1.39. The SMILES string of the molecule is CCOC(=O)c1ccc(N)c(NCCC(F)(F)F)c1. The number of nitrogens with one attached hydrogen (secondary N) is 1. The average Bonchev–Trinajstić information content (AvgIpc) is 2.30. The molecule has 0 saturated heterocycles. The third kappa shape index (κ3) is 5.07. The van der Waals surface area contributed by atoms with Crippen LogP contribution in [0.25, 0.3) is 0 Å². The van der Waals surface area contributed by atoms with E-state index in [-0.39, 0.29) is 30.1 Å². The normalized spacial score (nSPS) is 11.2. The van der Waals surface area contributed by atoms with Crippen LogP contribution in [0.1, 0.15) is 23.7 Å². The van der Waals surface area contributed by atoms with E-state index in [9.17, 15) is 18.0 Å². The minimum absolute atomic E-state index is 0.222. The molecule has 1 rings (SSSR count). The zero-order valence-corrected chi connectivity index (χ0v) is 10.4. The average molecular weight is 276 g/mol. The summed E-state index contributed by atoms with van der Waals surface area (Å²) in [5.41, 5.74) is 6.42. The molecule has 1 aromatic rings. The fourth-order valence-electron chi connectivity index (χ4n) is 1.39. The largest absolute Gasteiger partial charge is 0.462 e. The van der Waals surface area contributed by atoms with E-state index in [1.54, 1.807) is 6.92 Å². The third-order valence-electron chi connectivity index (χ3n) is 2.29. The fraction of sp³-hybridized carbons (Fsp3) is 0.417. The third-order valence-corrected chi connectivity index (χ3v) is 2.29. The molecule has 0 atom stereocenters. The van der Waals surface area contributed by atoms with Gasteiger partial charge in [0, 0.05) is 6.54 Å². The summed E-state index contributed by atoms with van der Waals surface area (Å²) in [6.45, 7) is 1.58. The second-order valence-electron chi connectivity index (χ2n) is 3.81. The summed E-state index contributed by atoms with van der Waals surface area (Å²) in [4.78, 5) is 11.5.